The molecule has 0 amide bonds. The molecule has 1 aromatic heterocycles. The van der Waals surface area contributed by atoms with Crippen LogP contribution < -0.4 is 10.2 Å². The monoisotopic (exact) mass is 389 g/mol. The Morgan fingerprint density at radius 1 is 1.04 bits per heavy atom. The summed E-state index contributed by atoms with van der Waals surface area (Å²) in [5, 5.41) is 0. The fourth-order valence-electron chi connectivity index (χ4n) is 3.14. The van der Waals surface area contributed by atoms with Crippen LogP contribution >= 0.6 is 8.73 Å². The lowest BCUT2D eigenvalue weighted by Gasteiger charge is -2.10. The van der Waals surface area contributed by atoms with Crippen LogP contribution in [0, 0.1) is 0 Å². The summed E-state index contributed by atoms with van der Waals surface area (Å²) in [6, 6.07) is 23.1. The summed E-state index contributed by atoms with van der Waals surface area (Å²) in [6.07, 6.45) is 0.662. The van der Waals surface area contributed by atoms with Crippen molar-refractivity contribution >= 4 is 25.5 Å². The zero-order valence-electron chi connectivity index (χ0n) is 15.4. The molecule has 28 heavy (non-hydrogen) atoms. The molecule has 0 fully saturated rings. The molecule has 1 atom stereocenters. The van der Waals surface area contributed by atoms with Gasteiger partial charge < -0.3 is 14.8 Å². The molecular weight excluding hydrogens is 369 g/mol. The van der Waals surface area contributed by atoms with Crippen molar-refractivity contribution in [3.05, 3.63) is 78.4 Å². The van der Waals surface area contributed by atoms with Crippen molar-refractivity contribution in [1.82, 2.24) is 9.55 Å². The van der Waals surface area contributed by atoms with Gasteiger partial charge in [-0.3, -0.25) is 4.79 Å². The Kier molecular flexibility index (Phi) is 5.20. The number of nitrogens with two attached hydrogens (primary N) is 1. The second kappa shape index (κ2) is 7.93. The normalized spacial score (nSPS) is 11.4. The lowest BCUT2D eigenvalue weighted by Crippen LogP contribution is -1.99. The van der Waals surface area contributed by atoms with E-state index in [1.165, 1.54) is 0 Å². The van der Waals surface area contributed by atoms with E-state index in [-0.39, 0.29) is 14.5 Å². The summed E-state index contributed by atoms with van der Waals surface area (Å²) in [7, 11) is 0.249. The van der Waals surface area contributed by atoms with E-state index in [4.69, 9.17) is 15.2 Å². The predicted molar refractivity (Wildman–Crippen MR) is 114 cm³/mol. The maximum absolute atomic E-state index is 11.7. The Labute approximate surface area is 165 Å². The van der Waals surface area contributed by atoms with Crippen molar-refractivity contribution in [2.75, 3.05) is 0 Å². The van der Waals surface area contributed by atoms with E-state index in [1.807, 2.05) is 72.8 Å². The molecule has 5 nitrogen and oxygen atoms in total. The van der Waals surface area contributed by atoms with Crippen LogP contribution in [0.4, 0.5) is 0 Å². The largest absolute Gasteiger partial charge is 0.457 e. The third-order valence-corrected chi connectivity index (χ3v) is 4.97. The van der Waals surface area contributed by atoms with Crippen LogP contribution in [-0.2, 0) is 6.29 Å². The highest BCUT2D eigenvalue weighted by Gasteiger charge is 2.14. The molecule has 0 saturated heterocycles. The Bertz CT molecular complexity index is 1140. The maximum atomic E-state index is 11.7. The van der Waals surface area contributed by atoms with Gasteiger partial charge in [-0.2, -0.15) is 0 Å². The molecule has 0 bridgehead atoms. The number of benzene rings is 3. The number of ketones is 1. The van der Waals surface area contributed by atoms with Gasteiger partial charge in [-0.1, -0.05) is 30.3 Å². The van der Waals surface area contributed by atoms with Crippen LogP contribution in [0.2, 0.25) is 0 Å². The molecule has 1 heterocycles. The molecule has 1 unspecified atom stereocenters. The van der Waals surface area contributed by atoms with Gasteiger partial charge in [0.05, 0.1) is 17.3 Å². The Morgan fingerprint density at radius 3 is 2.57 bits per heavy atom. The number of rotatable bonds is 6. The zero-order chi connectivity index (χ0) is 19.5. The SMILES string of the molecule is CC(=O)c1ccc2c(c1)nc(-c1cccc(Oc3ccccc3)c1)n2CPN. The van der Waals surface area contributed by atoms with Crippen molar-refractivity contribution in [2.24, 2.45) is 5.50 Å². The van der Waals surface area contributed by atoms with Gasteiger partial charge >= 0.3 is 0 Å². The third-order valence-electron chi connectivity index (χ3n) is 4.48. The van der Waals surface area contributed by atoms with Crippen LogP contribution in [0.15, 0.2) is 72.8 Å². The summed E-state index contributed by atoms with van der Waals surface area (Å²) < 4.78 is 8.06. The Hall–Kier alpha value is -3.01. The topological polar surface area (TPSA) is 70.1 Å². The summed E-state index contributed by atoms with van der Waals surface area (Å²) in [5.41, 5.74) is 9.21. The summed E-state index contributed by atoms with van der Waals surface area (Å²) in [4.78, 5) is 16.5. The van der Waals surface area contributed by atoms with Gasteiger partial charge in [-0.05, 0) is 58.1 Å². The number of ether oxygens (including phenoxy) is 1. The van der Waals surface area contributed by atoms with Crippen molar-refractivity contribution < 1.29 is 9.53 Å². The number of aromatic nitrogens is 2. The highest BCUT2D eigenvalue weighted by molar-refractivity contribution is 7.33. The molecular formula is C22H20N3O2P. The molecule has 2 N–H and O–H groups in total. The molecule has 3 aromatic carbocycles. The lowest BCUT2D eigenvalue weighted by atomic mass is 10.1. The molecule has 0 saturated carbocycles. The second-order valence-electron chi connectivity index (χ2n) is 6.43. The van der Waals surface area contributed by atoms with Gasteiger partial charge in [0.25, 0.3) is 0 Å². The number of hydrogen-bond donors (Lipinski definition) is 1. The first kappa shape index (κ1) is 18.4. The number of carbonyl (C=O) groups is 1. The molecule has 4 rings (SSSR count). The number of imidazole rings is 1. The fraction of sp³-hybridized carbons (Fsp3) is 0.0909. The molecule has 140 valence electrons. The number of fused-ring (bicyclic) bond motifs is 1. The first-order valence-electron chi connectivity index (χ1n) is 8.94. The van der Waals surface area contributed by atoms with Crippen molar-refractivity contribution in [1.29, 1.82) is 0 Å². The minimum Gasteiger partial charge on any atom is -0.457 e. The van der Waals surface area contributed by atoms with Crippen molar-refractivity contribution in [3.8, 4) is 22.9 Å². The molecule has 6 heteroatoms. The average Bonchev–Trinajstić information content (AvgIpc) is 3.07. The molecule has 0 radical (unpaired) electrons. The first-order chi connectivity index (χ1) is 13.7. The summed E-state index contributed by atoms with van der Waals surface area (Å²) in [6.45, 7) is 1.56. The van der Waals surface area contributed by atoms with E-state index in [0.717, 1.165) is 33.9 Å². The van der Waals surface area contributed by atoms with Gasteiger partial charge in [-0.25, -0.2) is 4.98 Å². The number of carbonyl (C=O) groups excluding carboxylic acids is 1. The average molecular weight is 389 g/mol. The first-order valence-corrected chi connectivity index (χ1v) is 10.2. The van der Waals surface area contributed by atoms with E-state index in [9.17, 15) is 4.79 Å². The van der Waals surface area contributed by atoms with E-state index >= 15 is 0 Å². The number of para-hydroxylation sites is 1. The minimum atomic E-state index is 0.0250. The summed E-state index contributed by atoms with van der Waals surface area (Å²) >= 11 is 0. The van der Waals surface area contributed by atoms with Gasteiger partial charge in [0.2, 0.25) is 0 Å². The van der Waals surface area contributed by atoms with Crippen LogP contribution in [0.3, 0.4) is 0 Å². The predicted octanol–water partition coefficient (Wildman–Crippen LogP) is 5.21. The van der Waals surface area contributed by atoms with E-state index in [1.54, 1.807) is 6.92 Å². The fourth-order valence-corrected chi connectivity index (χ4v) is 3.65. The van der Waals surface area contributed by atoms with Gasteiger partial charge in [-0.15, -0.1) is 0 Å². The van der Waals surface area contributed by atoms with Crippen molar-refractivity contribution in [2.45, 2.75) is 13.2 Å². The number of nitrogens with zero attached hydrogens (tertiary/aromatic N) is 2. The molecule has 0 aliphatic carbocycles. The minimum absolute atomic E-state index is 0.0250. The van der Waals surface area contributed by atoms with Crippen LogP contribution in [0.1, 0.15) is 17.3 Å². The highest BCUT2D eigenvalue weighted by Crippen LogP contribution is 2.31. The zero-order valence-corrected chi connectivity index (χ0v) is 16.4. The molecule has 0 spiro atoms. The van der Waals surface area contributed by atoms with Crippen molar-refractivity contribution in [3.63, 3.8) is 0 Å². The van der Waals surface area contributed by atoms with E-state index < -0.39 is 0 Å². The third kappa shape index (κ3) is 3.68. The quantitative estimate of drug-likeness (QED) is 0.363. The lowest BCUT2D eigenvalue weighted by molar-refractivity contribution is 0.101. The van der Waals surface area contributed by atoms with Gasteiger partial charge in [0, 0.05) is 11.1 Å². The summed E-state index contributed by atoms with van der Waals surface area (Å²) in [5.74, 6) is 2.36. The molecule has 0 aliphatic rings. The van der Waals surface area contributed by atoms with Gasteiger partial charge in [0.1, 0.15) is 17.3 Å². The van der Waals surface area contributed by atoms with E-state index in [2.05, 4.69) is 4.57 Å². The smallest absolute Gasteiger partial charge is 0.159 e. The van der Waals surface area contributed by atoms with Crippen LogP contribution in [0.25, 0.3) is 22.4 Å². The molecule has 0 aliphatic heterocycles. The van der Waals surface area contributed by atoms with Gasteiger partial charge in [0.15, 0.2) is 5.78 Å². The van der Waals surface area contributed by atoms with Crippen LogP contribution in [0.5, 0.6) is 11.5 Å². The number of Topliss-reactive ketones (excluding diaryl/α,β-unsaturated/α-hetero) is 1. The van der Waals surface area contributed by atoms with E-state index in [0.29, 0.717) is 11.8 Å². The number of hydrogen-bond acceptors (Lipinski definition) is 4. The Balaban J connectivity index is 1.78. The molecule has 4 aromatic rings. The van der Waals surface area contributed by atoms with Crippen LogP contribution in [-0.4, -0.2) is 15.3 Å². The Morgan fingerprint density at radius 2 is 1.82 bits per heavy atom. The highest BCUT2D eigenvalue weighted by atomic mass is 31.1. The maximum Gasteiger partial charge on any atom is 0.159 e. The standard InChI is InChI=1S/C22H20N3O2P/c1-15(26)16-10-11-21-20(13-16)24-22(25(21)14-28-23)17-6-5-9-19(12-17)27-18-7-3-2-4-8-18/h2-13,28H,14,23H2,1H3. The second-order valence-corrected chi connectivity index (χ2v) is 7.15.